The molecule has 1 aromatic rings. The molecule has 2 rings (SSSR count). The Kier molecular flexibility index (Phi) is 6.92. The highest BCUT2D eigenvalue weighted by Crippen LogP contribution is 2.14. The summed E-state index contributed by atoms with van der Waals surface area (Å²) in [7, 11) is 0. The van der Waals surface area contributed by atoms with Crippen molar-refractivity contribution in [3.8, 4) is 0 Å². The fraction of sp³-hybridized carbons (Fsp3) is 0.308. The summed E-state index contributed by atoms with van der Waals surface area (Å²) >= 11 is 0. The lowest BCUT2D eigenvalue weighted by atomic mass is 10.3. The van der Waals surface area contributed by atoms with Gasteiger partial charge in [0.2, 0.25) is 17.7 Å². The molecule has 0 bridgehead atoms. The number of carbonyl (C=O) groups excluding carboxylic acids is 4. The van der Waals surface area contributed by atoms with E-state index in [0.717, 1.165) is 4.90 Å². The van der Waals surface area contributed by atoms with E-state index in [4.69, 9.17) is 17.4 Å². The normalized spacial score (nSPS) is 14.7. The quantitative estimate of drug-likeness (QED) is 0.229. The molecule has 1 unspecified atom stereocenters. The summed E-state index contributed by atoms with van der Waals surface area (Å²) < 4.78 is 0. The highest BCUT2D eigenvalue weighted by atomic mass is 16.2. The lowest BCUT2D eigenvalue weighted by Crippen LogP contribution is -2.54. The van der Waals surface area contributed by atoms with E-state index in [1.165, 1.54) is 13.1 Å². The Labute approximate surface area is 137 Å². The summed E-state index contributed by atoms with van der Waals surface area (Å²) in [4.78, 5) is 48.4. The number of hydrogen-bond acceptors (Lipinski definition) is 9. The second kappa shape index (κ2) is 8.67. The summed E-state index contributed by atoms with van der Waals surface area (Å²) in [5, 5.41) is 0. The Hall–Kier alpha value is -2.89. The van der Waals surface area contributed by atoms with Crippen LogP contribution in [-0.2, 0) is 14.4 Å². The van der Waals surface area contributed by atoms with Crippen LogP contribution < -0.4 is 28.3 Å². The van der Waals surface area contributed by atoms with Crippen LogP contribution in [0, 0.1) is 0 Å². The summed E-state index contributed by atoms with van der Waals surface area (Å²) in [5.41, 5.74) is 9.81. The number of imide groups is 1. The molecule has 3 amide bonds. The first-order valence-electron chi connectivity index (χ1n) is 6.85. The van der Waals surface area contributed by atoms with Crippen molar-refractivity contribution in [3.63, 3.8) is 0 Å². The molecule has 1 aliphatic rings. The van der Waals surface area contributed by atoms with Crippen molar-refractivity contribution in [1.82, 2.24) is 15.3 Å². The molecule has 8 N–H and O–H groups in total. The number of anilines is 1. The maximum absolute atomic E-state index is 11.1. The standard InChI is InChI=1S/C7H11N3O3.C6H8N4O/c1-4(11)7(9-8)10-5(12)2-3-6(10)13;7-6(11)4-1-2-5(10-8)9-3-4/h7,9H,2-3,8H2,1H3;1-3H,8H2,(H2,7,11)(H,9,10). The highest BCUT2D eigenvalue weighted by Gasteiger charge is 2.36. The smallest absolute Gasteiger partial charge is 0.250 e. The second-order valence-corrected chi connectivity index (χ2v) is 4.78. The first kappa shape index (κ1) is 19.2. The molecule has 11 nitrogen and oxygen atoms in total. The van der Waals surface area contributed by atoms with E-state index >= 15 is 0 Å². The predicted molar refractivity (Wildman–Crippen MR) is 83.4 cm³/mol. The molecule has 0 radical (unpaired) electrons. The van der Waals surface area contributed by atoms with Crippen LogP contribution in [0.25, 0.3) is 0 Å². The number of likely N-dealkylation sites (tertiary alicyclic amines) is 1. The van der Waals surface area contributed by atoms with Crippen LogP contribution in [0.2, 0.25) is 0 Å². The van der Waals surface area contributed by atoms with Gasteiger partial charge in [-0.15, -0.1) is 0 Å². The molecular weight excluding hydrogens is 318 g/mol. The van der Waals surface area contributed by atoms with Gasteiger partial charge in [-0.05, 0) is 19.1 Å². The number of aromatic nitrogens is 1. The topological polar surface area (TPSA) is 187 Å². The van der Waals surface area contributed by atoms with Gasteiger partial charge in [0.1, 0.15) is 5.82 Å². The first-order valence-corrected chi connectivity index (χ1v) is 6.85. The SMILES string of the molecule is CC(=O)C(NN)N1C(=O)CCC1=O.NNc1ccc(C(N)=O)cn1. The average molecular weight is 337 g/mol. The monoisotopic (exact) mass is 337 g/mol. The van der Waals surface area contributed by atoms with Crippen molar-refractivity contribution in [3.05, 3.63) is 23.9 Å². The minimum atomic E-state index is -1.01. The van der Waals surface area contributed by atoms with Gasteiger partial charge < -0.3 is 11.2 Å². The fourth-order valence-corrected chi connectivity index (χ4v) is 1.88. The number of nitrogens with zero attached hydrogens (tertiary/aromatic N) is 2. The van der Waals surface area contributed by atoms with E-state index in [0.29, 0.717) is 11.4 Å². The zero-order valence-corrected chi connectivity index (χ0v) is 13.0. The molecule has 130 valence electrons. The van der Waals surface area contributed by atoms with Crippen LogP contribution in [0.5, 0.6) is 0 Å². The number of pyridine rings is 1. The van der Waals surface area contributed by atoms with Gasteiger partial charge in [-0.2, -0.15) is 0 Å². The van der Waals surface area contributed by atoms with Crippen LogP contribution in [-0.4, -0.2) is 39.6 Å². The Morgan fingerprint density at radius 3 is 2.12 bits per heavy atom. The summed E-state index contributed by atoms with van der Waals surface area (Å²) in [6.45, 7) is 1.27. The number of nitrogens with two attached hydrogens (primary N) is 3. The minimum absolute atomic E-state index is 0.157. The number of nitrogen functional groups attached to an aromatic ring is 1. The molecule has 1 atom stereocenters. The van der Waals surface area contributed by atoms with Crippen molar-refractivity contribution in [2.45, 2.75) is 25.9 Å². The van der Waals surface area contributed by atoms with E-state index in [-0.39, 0.29) is 30.4 Å². The van der Waals surface area contributed by atoms with Crippen molar-refractivity contribution < 1.29 is 19.2 Å². The molecule has 24 heavy (non-hydrogen) atoms. The molecule has 1 aliphatic heterocycles. The minimum Gasteiger partial charge on any atom is -0.366 e. The number of carbonyl (C=O) groups is 4. The molecule has 1 aromatic heterocycles. The van der Waals surface area contributed by atoms with Gasteiger partial charge in [0, 0.05) is 19.0 Å². The number of amides is 3. The van der Waals surface area contributed by atoms with Crippen molar-refractivity contribution in [2.75, 3.05) is 5.43 Å². The third-order valence-corrected chi connectivity index (χ3v) is 3.09. The molecule has 0 saturated carbocycles. The zero-order valence-electron chi connectivity index (χ0n) is 13.0. The largest absolute Gasteiger partial charge is 0.366 e. The number of Topliss-reactive ketones (excluding diaryl/α,β-unsaturated/α-hetero) is 1. The molecular formula is C13H19N7O4. The Balaban J connectivity index is 0.000000243. The number of primary amides is 1. The molecule has 2 heterocycles. The number of hydrogen-bond donors (Lipinski definition) is 5. The van der Waals surface area contributed by atoms with Crippen LogP contribution >= 0.6 is 0 Å². The van der Waals surface area contributed by atoms with E-state index in [1.807, 2.05) is 0 Å². The Morgan fingerprint density at radius 2 is 1.79 bits per heavy atom. The molecule has 0 spiro atoms. The van der Waals surface area contributed by atoms with Gasteiger partial charge in [-0.1, -0.05) is 0 Å². The van der Waals surface area contributed by atoms with Crippen LogP contribution in [0.3, 0.4) is 0 Å². The molecule has 1 fully saturated rings. The predicted octanol–water partition coefficient (Wildman–Crippen LogP) is -2.02. The first-order chi connectivity index (χ1) is 11.3. The van der Waals surface area contributed by atoms with Crippen LogP contribution in [0.15, 0.2) is 18.3 Å². The molecule has 11 heteroatoms. The van der Waals surface area contributed by atoms with E-state index in [1.54, 1.807) is 12.1 Å². The van der Waals surface area contributed by atoms with Crippen LogP contribution in [0.1, 0.15) is 30.1 Å². The number of rotatable bonds is 5. The van der Waals surface area contributed by atoms with E-state index < -0.39 is 12.1 Å². The van der Waals surface area contributed by atoms with E-state index in [2.05, 4.69) is 15.8 Å². The second-order valence-electron chi connectivity index (χ2n) is 4.78. The van der Waals surface area contributed by atoms with Gasteiger partial charge >= 0.3 is 0 Å². The number of ketones is 1. The molecule has 0 aliphatic carbocycles. The van der Waals surface area contributed by atoms with Gasteiger partial charge in [-0.3, -0.25) is 29.9 Å². The van der Waals surface area contributed by atoms with E-state index in [9.17, 15) is 19.2 Å². The summed E-state index contributed by atoms with van der Waals surface area (Å²) in [5.74, 6) is 9.03. The Bertz CT molecular complexity index is 616. The lowest BCUT2D eigenvalue weighted by molar-refractivity contribution is -0.146. The van der Waals surface area contributed by atoms with Crippen LogP contribution in [0.4, 0.5) is 5.82 Å². The summed E-state index contributed by atoms with van der Waals surface area (Å²) in [6, 6.07) is 3.12. The zero-order chi connectivity index (χ0) is 18.3. The maximum atomic E-state index is 11.1. The number of nitrogens with one attached hydrogen (secondary N) is 2. The summed E-state index contributed by atoms with van der Waals surface area (Å²) in [6.07, 6.45) is 0.661. The van der Waals surface area contributed by atoms with Crippen molar-refractivity contribution in [1.29, 1.82) is 0 Å². The molecule has 0 aromatic carbocycles. The third kappa shape index (κ3) is 4.81. The molecule has 1 saturated heterocycles. The van der Waals surface area contributed by atoms with Gasteiger partial charge in [0.15, 0.2) is 11.9 Å². The van der Waals surface area contributed by atoms with Gasteiger partial charge in [0.05, 0.1) is 5.56 Å². The van der Waals surface area contributed by atoms with Gasteiger partial charge in [0.25, 0.3) is 0 Å². The third-order valence-electron chi connectivity index (χ3n) is 3.09. The average Bonchev–Trinajstić information content (AvgIpc) is 2.88. The van der Waals surface area contributed by atoms with Crippen molar-refractivity contribution in [2.24, 2.45) is 17.4 Å². The maximum Gasteiger partial charge on any atom is 0.250 e. The van der Waals surface area contributed by atoms with Crippen molar-refractivity contribution >= 4 is 29.3 Å². The van der Waals surface area contributed by atoms with Gasteiger partial charge in [-0.25, -0.2) is 16.3 Å². The number of hydrazine groups is 2. The lowest BCUT2D eigenvalue weighted by Gasteiger charge is -2.22. The Morgan fingerprint density at radius 1 is 1.21 bits per heavy atom. The fourth-order valence-electron chi connectivity index (χ4n) is 1.88. The highest BCUT2D eigenvalue weighted by molar-refractivity contribution is 6.05.